The third-order valence-corrected chi connectivity index (χ3v) is 2.83. The lowest BCUT2D eigenvalue weighted by Gasteiger charge is -2.18. The van der Waals surface area contributed by atoms with Crippen molar-refractivity contribution in [1.29, 1.82) is 0 Å². The van der Waals surface area contributed by atoms with Crippen LogP contribution in [0.15, 0.2) is 12.7 Å². The van der Waals surface area contributed by atoms with Crippen molar-refractivity contribution in [2.24, 2.45) is 11.7 Å². The van der Waals surface area contributed by atoms with Crippen molar-refractivity contribution in [2.45, 2.75) is 44.6 Å². The van der Waals surface area contributed by atoms with Crippen LogP contribution in [0.2, 0.25) is 0 Å². The van der Waals surface area contributed by atoms with Crippen LogP contribution in [0.3, 0.4) is 0 Å². The number of hydrogen-bond acceptors (Lipinski definition) is 2. The normalized spacial score (nSPS) is 29.3. The second-order valence-corrected chi connectivity index (χ2v) is 3.87. The van der Waals surface area contributed by atoms with Gasteiger partial charge in [-0.15, -0.1) is 6.58 Å². The molecule has 74 valence electrons. The number of carbonyl (C=O) groups is 1. The molecule has 1 aliphatic carbocycles. The molecule has 2 N–H and O–H groups in total. The summed E-state index contributed by atoms with van der Waals surface area (Å²) in [5.41, 5.74) is 5.96. The van der Waals surface area contributed by atoms with Gasteiger partial charge in [-0.05, 0) is 12.8 Å². The fourth-order valence-corrected chi connectivity index (χ4v) is 2.03. The molecule has 2 unspecified atom stereocenters. The summed E-state index contributed by atoms with van der Waals surface area (Å²) < 4.78 is 0. The third kappa shape index (κ3) is 2.96. The summed E-state index contributed by atoms with van der Waals surface area (Å²) in [5.74, 6) is 0.380. The van der Waals surface area contributed by atoms with E-state index in [1.54, 1.807) is 6.08 Å². The molecule has 0 radical (unpaired) electrons. The predicted octanol–water partition coefficient (Wildman–Crippen LogP) is 2.04. The van der Waals surface area contributed by atoms with Crippen LogP contribution in [-0.4, -0.2) is 11.8 Å². The quantitative estimate of drug-likeness (QED) is 0.535. The highest BCUT2D eigenvalue weighted by atomic mass is 16.1. The second-order valence-electron chi connectivity index (χ2n) is 3.87. The molecule has 0 heterocycles. The van der Waals surface area contributed by atoms with E-state index in [4.69, 9.17) is 5.73 Å². The summed E-state index contributed by atoms with van der Waals surface area (Å²) in [7, 11) is 0. The average Bonchev–Trinajstić information content (AvgIpc) is 2.30. The number of rotatable bonds is 3. The van der Waals surface area contributed by atoms with Crippen molar-refractivity contribution >= 4 is 5.78 Å². The van der Waals surface area contributed by atoms with E-state index in [0.717, 1.165) is 19.3 Å². The van der Waals surface area contributed by atoms with Crippen molar-refractivity contribution in [3.05, 3.63) is 12.7 Å². The summed E-state index contributed by atoms with van der Waals surface area (Å²) in [6, 6.07) is 0.0925. The lowest BCUT2D eigenvalue weighted by atomic mass is 9.90. The molecule has 2 heteroatoms. The Balaban J connectivity index is 2.53. The smallest absolute Gasteiger partial charge is 0.141 e. The zero-order valence-corrected chi connectivity index (χ0v) is 8.17. The Morgan fingerprint density at radius 2 is 2.08 bits per heavy atom. The maximum atomic E-state index is 11.6. The Morgan fingerprint density at radius 3 is 2.77 bits per heavy atom. The summed E-state index contributed by atoms with van der Waals surface area (Å²) in [6.45, 7) is 3.58. The molecule has 0 spiro atoms. The number of carbonyl (C=O) groups excluding carboxylic acids is 1. The topological polar surface area (TPSA) is 43.1 Å². The molecule has 1 rings (SSSR count). The van der Waals surface area contributed by atoms with E-state index in [-0.39, 0.29) is 17.7 Å². The van der Waals surface area contributed by atoms with E-state index in [0.29, 0.717) is 6.42 Å². The first kappa shape index (κ1) is 10.5. The second kappa shape index (κ2) is 5.18. The van der Waals surface area contributed by atoms with E-state index in [2.05, 4.69) is 6.58 Å². The van der Waals surface area contributed by atoms with Gasteiger partial charge in [-0.1, -0.05) is 25.3 Å². The van der Waals surface area contributed by atoms with Crippen LogP contribution in [0.1, 0.15) is 38.5 Å². The molecule has 1 saturated carbocycles. The van der Waals surface area contributed by atoms with Gasteiger partial charge >= 0.3 is 0 Å². The summed E-state index contributed by atoms with van der Waals surface area (Å²) in [6.07, 6.45) is 7.71. The van der Waals surface area contributed by atoms with Gasteiger partial charge in [-0.2, -0.15) is 0 Å². The highest BCUT2D eigenvalue weighted by molar-refractivity contribution is 5.82. The zero-order valence-electron chi connectivity index (χ0n) is 8.17. The van der Waals surface area contributed by atoms with Gasteiger partial charge in [0.1, 0.15) is 5.78 Å². The highest BCUT2D eigenvalue weighted by Crippen LogP contribution is 2.23. The van der Waals surface area contributed by atoms with Gasteiger partial charge in [-0.25, -0.2) is 0 Å². The van der Waals surface area contributed by atoms with E-state index in [1.165, 1.54) is 12.8 Å². The van der Waals surface area contributed by atoms with Crippen LogP contribution in [-0.2, 0) is 4.79 Å². The van der Waals surface area contributed by atoms with Crippen molar-refractivity contribution in [3.8, 4) is 0 Å². The summed E-state index contributed by atoms with van der Waals surface area (Å²) >= 11 is 0. The molecule has 2 atom stereocenters. The van der Waals surface area contributed by atoms with E-state index < -0.39 is 0 Å². The van der Waals surface area contributed by atoms with Gasteiger partial charge in [0, 0.05) is 18.4 Å². The van der Waals surface area contributed by atoms with E-state index >= 15 is 0 Å². The minimum absolute atomic E-state index is 0.0925. The molecule has 0 amide bonds. The lowest BCUT2D eigenvalue weighted by Crippen LogP contribution is -2.34. The van der Waals surface area contributed by atoms with Crippen LogP contribution in [0.5, 0.6) is 0 Å². The number of allylic oxidation sites excluding steroid dienone is 1. The fourth-order valence-electron chi connectivity index (χ4n) is 2.03. The molecule has 1 aliphatic rings. The minimum Gasteiger partial charge on any atom is -0.327 e. The summed E-state index contributed by atoms with van der Waals surface area (Å²) in [4.78, 5) is 11.6. The molecule has 0 aromatic carbocycles. The van der Waals surface area contributed by atoms with Gasteiger partial charge in [0.2, 0.25) is 0 Å². The van der Waals surface area contributed by atoms with Crippen molar-refractivity contribution in [2.75, 3.05) is 0 Å². The predicted molar refractivity (Wildman–Crippen MR) is 54.4 cm³/mol. The number of nitrogens with two attached hydrogens (primary N) is 1. The monoisotopic (exact) mass is 181 g/mol. The molecule has 2 nitrogen and oxygen atoms in total. The van der Waals surface area contributed by atoms with Gasteiger partial charge in [0.15, 0.2) is 0 Å². The van der Waals surface area contributed by atoms with Crippen molar-refractivity contribution in [1.82, 2.24) is 0 Å². The van der Waals surface area contributed by atoms with E-state index in [1.807, 2.05) is 0 Å². The fraction of sp³-hybridized carbons (Fsp3) is 0.727. The Morgan fingerprint density at radius 1 is 1.38 bits per heavy atom. The minimum atomic E-state index is 0.0925. The zero-order chi connectivity index (χ0) is 9.68. The molecule has 1 fully saturated rings. The molecular formula is C11H19NO. The third-order valence-electron chi connectivity index (χ3n) is 2.83. The first-order valence-corrected chi connectivity index (χ1v) is 5.15. The Bertz CT molecular complexity index is 189. The van der Waals surface area contributed by atoms with Crippen LogP contribution < -0.4 is 5.73 Å². The molecule has 0 saturated heterocycles. The van der Waals surface area contributed by atoms with Crippen LogP contribution in [0.25, 0.3) is 0 Å². The number of ketones is 1. The number of hydrogen-bond donors (Lipinski definition) is 1. The maximum Gasteiger partial charge on any atom is 0.141 e. The van der Waals surface area contributed by atoms with Gasteiger partial charge in [0.05, 0.1) is 0 Å². The maximum absolute atomic E-state index is 11.6. The molecule has 0 aromatic rings. The summed E-state index contributed by atoms with van der Waals surface area (Å²) in [5, 5.41) is 0. The van der Waals surface area contributed by atoms with Crippen molar-refractivity contribution < 1.29 is 4.79 Å². The molecule has 0 bridgehead atoms. The van der Waals surface area contributed by atoms with Gasteiger partial charge < -0.3 is 5.73 Å². The van der Waals surface area contributed by atoms with Crippen molar-refractivity contribution in [3.63, 3.8) is 0 Å². The van der Waals surface area contributed by atoms with Gasteiger partial charge in [-0.3, -0.25) is 4.79 Å². The molecule has 13 heavy (non-hydrogen) atoms. The van der Waals surface area contributed by atoms with Crippen LogP contribution in [0, 0.1) is 5.92 Å². The first-order chi connectivity index (χ1) is 6.25. The standard InChI is InChI=1S/C11H19NO/c1-2-6-11(13)9-7-4-3-5-8-10(9)12/h2,9-10H,1,3-8,12H2. The Hall–Kier alpha value is -0.630. The molecule has 0 aliphatic heterocycles. The highest BCUT2D eigenvalue weighted by Gasteiger charge is 2.25. The average molecular weight is 181 g/mol. The SMILES string of the molecule is C=CCC(=O)C1CCCCCC1N. The van der Waals surface area contributed by atoms with E-state index in [9.17, 15) is 4.79 Å². The first-order valence-electron chi connectivity index (χ1n) is 5.15. The number of Topliss-reactive ketones (excluding diaryl/α,β-unsaturated/α-hetero) is 1. The lowest BCUT2D eigenvalue weighted by molar-refractivity contribution is -0.122. The molecular weight excluding hydrogens is 162 g/mol. The van der Waals surface area contributed by atoms with Gasteiger partial charge in [0.25, 0.3) is 0 Å². The largest absolute Gasteiger partial charge is 0.327 e. The Kier molecular flexibility index (Phi) is 4.16. The molecule has 0 aromatic heterocycles. The van der Waals surface area contributed by atoms with Crippen LogP contribution >= 0.6 is 0 Å². The van der Waals surface area contributed by atoms with Crippen LogP contribution in [0.4, 0.5) is 0 Å². The Labute approximate surface area is 80.2 Å².